The van der Waals surface area contributed by atoms with Crippen LogP contribution in [-0.2, 0) is 0 Å². The van der Waals surface area contributed by atoms with E-state index in [4.69, 9.17) is 25.9 Å². The zero-order valence-corrected chi connectivity index (χ0v) is 20.3. The van der Waals surface area contributed by atoms with Crippen LogP contribution in [0.1, 0.15) is 25.3 Å². The first-order valence-corrected chi connectivity index (χ1v) is 11.5. The predicted octanol–water partition coefficient (Wildman–Crippen LogP) is 4.54. The Morgan fingerprint density at radius 1 is 1.15 bits per heavy atom. The molecule has 4 N–H and O–H groups in total. The zero-order chi connectivity index (χ0) is 24.0. The van der Waals surface area contributed by atoms with Gasteiger partial charge in [0.15, 0.2) is 11.0 Å². The number of methoxy groups -OCH3 is 2. The summed E-state index contributed by atoms with van der Waals surface area (Å²) in [6.45, 7) is 8.83. The first-order valence-electron chi connectivity index (χ1n) is 10.6. The van der Waals surface area contributed by atoms with E-state index in [2.05, 4.69) is 54.6 Å². The second kappa shape index (κ2) is 11.0. The summed E-state index contributed by atoms with van der Waals surface area (Å²) in [5.74, 6) is 2.72. The largest absolute Gasteiger partial charge is 0.497 e. The van der Waals surface area contributed by atoms with Crippen LogP contribution in [0.25, 0.3) is 0 Å². The van der Waals surface area contributed by atoms with Crippen molar-refractivity contribution in [3.8, 4) is 11.5 Å². The molecule has 0 aromatic heterocycles. The van der Waals surface area contributed by atoms with Crippen LogP contribution < -0.4 is 20.9 Å². The minimum absolute atomic E-state index is 0.106. The Hall–Kier alpha value is -3.39. The maximum atomic E-state index is 5.99. The number of amidine groups is 2. The number of nitrogens with two attached hydrogens (primary N) is 2. The van der Waals surface area contributed by atoms with Gasteiger partial charge in [0.25, 0.3) is 0 Å². The number of thioether (sulfide) groups is 1. The minimum Gasteiger partial charge on any atom is -0.497 e. The maximum Gasteiger partial charge on any atom is 0.175 e. The highest BCUT2D eigenvalue weighted by molar-refractivity contribution is 8.14. The Labute approximate surface area is 199 Å². The molecule has 2 aromatic carbocycles. The summed E-state index contributed by atoms with van der Waals surface area (Å²) >= 11 is 1.45. The molecule has 0 spiro atoms. The Balaban J connectivity index is 2.06. The maximum absolute atomic E-state index is 5.99. The molecule has 0 saturated carbocycles. The van der Waals surface area contributed by atoms with Crippen LogP contribution in [0.3, 0.4) is 0 Å². The van der Waals surface area contributed by atoms with Crippen molar-refractivity contribution < 1.29 is 9.47 Å². The molecular formula is C25H31N5O2S. The van der Waals surface area contributed by atoms with Gasteiger partial charge in [0.2, 0.25) is 0 Å². The average Bonchev–Trinajstić information content (AvgIpc) is 3.15. The van der Waals surface area contributed by atoms with Gasteiger partial charge in [-0.1, -0.05) is 50.8 Å². The lowest BCUT2D eigenvalue weighted by Gasteiger charge is -2.29. The number of hydrogen-bond donors (Lipinski definition) is 2. The number of rotatable bonds is 8. The predicted molar refractivity (Wildman–Crippen MR) is 137 cm³/mol. The van der Waals surface area contributed by atoms with Crippen molar-refractivity contribution in [2.75, 3.05) is 20.8 Å². The summed E-state index contributed by atoms with van der Waals surface area (Å²) in [5, 5.41) is 0.701. The molecule has 0 fully saturated rings. The molecule has 1 atom stereocenters. The highest BCUT2D eigenvalue weighted by atomic mass is 32.2. The van der Waals surface area contributed by atoms with Crippen LogP contribution in [0.15, 0.2) is 87.7 Å². The fourth-order valence-electron chi connectivity index (χ4n) is 3.64. The summed E-state index contributed by atoms with van der Waals surface area (Å²) in [6, 6.07) is 16.1. The molecule has 0 radical (unpaired) electrons. The molecular weight excluding hydrogens is 434 g/mol. The molecule has 174 valence electrons. The van der Waals surface area contributed by atoms with E-state index in [1.54, 1.807) is 14.2 Å². The molecule has 3 rings (SSSR count). The number of nitrogens with zero attached hydrogens (tertiary/aromatic N) is 3. The molecule has 33 heavy (non-hydrogen) atoms. The number of aliphatic imine (C=N–C) groups is 2. The standard InChI is InChI=1S/C25H31N5O2S/c1-6-28-24-22(23(26)27)29-25(33-21-14-18(31-4)12-13-20(21)32-5)30(24)15-19(16(2)3)17-10-8-7-9-11-17/h6-14,16,19H,1,15,26-27H2,2-5H3/b28-24+. The van der Waals surface area contributed by atoms with Crippen molar-refractivity contribution >= 4 is 22.8 Å². The van der Waals surface area contributed by atoms with Crippen molar-refractivity contribution in [2.24, 2.45) is 27.4 Å². The van der Waals surface area contributed by atoms with Crippen LogP contribution in [0.5, 0.6) is 11.5 Å². The Morgan fingerprint density at radius 2 is 1.88 bits per heavy atom. The van der Waals surface area contributed by atoms with E-state index in [-0.39, 0.29) is 11.7 Å². The molecule has 2 aromatic rings. The first-order chi connectivity index (χ1) is 15.9. The van der Waals surface area contributed by atoms with Gasteiger partial charge >= 0.3 is 0 Å². The topological polar surface area (TPSA) is 98.5 Å². The van der Waals surface area contributed by atoms with Gasteiger partial charge in [-0.15, -0.1) is 0 Å². The van der Waals surface area contributed by atoms with Gasteiger partial charge in [-0.2, -0.15) is 0 Å². The third kappa shape index (κ3) is 5.51. The fourth-order valence-corrected chi connectivity index (χ4v) is 4.67. The second-order valence-corrected chi connectivity index (χ2v) is 8.83. The van der Waals surface area contributed by atoms with E-state index in [9.17, 15) is 0 Å². The van der Waals surface area contributed by atoms with Crippen molar-refractivity contribution in [3.63, 3.8) is 0 Å². The number of ether oxygens (including phenoxy) is 2. The normalized spacial score (nSPS) is 15.5. The van der Waals surface area contributed by atoms with Crippen molar-refractivity contribution in [1.82, 2.24) is 4.90 Å². The highest BCUT2D eigenvalue weighted by Crippen LogP contribution is 2.38. The molecule has 7 nitrogen and oxygen atoms in total. The second-order valence-electron chi connectivity index (χ2n) is 7.82. The molecule has 1 aliphatic heterocycles. The number of hydrogen-bond acceptors (Lipinski definition) is 7. The van der Waals surface area contributed by atoms with E-state index in [1.165, 1.54) is 23.5 Å². The molecule has 1 unspecified atom stereocenters. The third-order valence-electron chi connectivity index (χ3n) is 5.38. The quantitative estimate of drug-likeness (QED) is 0.594. The van der Waals surface area contributed by atoms with E-state index < -0.39 is 0 Å². The summed E-state index contributed by atoms with van der Waals surface area (Å²) in [7, 11) is 3.27. The highest BCUT2D eigenvalue weighted by Gasteiger charge is 2.34. The van der Waals surface area contributed by atoms with E-state index in [0.717, 1.165) is 10.6 Å². The van der Waals surface area contributed by atoms with E-state index >= 15 is 0 Å². The third-order valence-corrected chi connectivity index (χ3v) is 6.41. The van der Waals surface area contributed by atoms with Crippen molar-refractivity contribution in [1.29, 1.82) is 0 Å². The fraction of sp³-hybridized carbons (Fsp3) is 0.280. The van der Waals surface area contributed by atoms with Crippen LogP contribution in [-0.4, -0.2) is 36.7 Å². The van der Waals surface area contributed by atoms with E-state index in [0.29, 0.717) is 34.9 Å². The summed E-state index contributed by atoms with van der Waals surface area (Å²) in [4.78, 5) is 12.2. The number of benzene rings is 2. The Kier molecular flexibility index (Phi) is 8.06. The van der Waals surface area contributed by atoms with Crippen LogP contribution in [0.4, 0.5) is 0 Å². The van der Waals surface area contributed by atoms with Crippen molar-refractivity contribution in [3.05, 3.63) is 78.4 Å². The zero-order valence-electron chi connectivity index (χ0n) is 19.5. The van der Waals surface area contributed by atoms with Crippen LogP contribution in [0, 0.1) is 5.92 Å². The molecule has 0 bridgehead atoms. The first kappa shape index (κ1) is 24.3. The van der Waals surface area contributed by atoms with Gasteiger partial charge in [0.1, 0.15) is 23.0 Å². The van der Waals surface area contributed by atoms with Gasteiger partial charge in [-0.05, 0) is 41.4 Å². The van der Waals surface area contributed by atoms with Gasteiger partial charge in [-0.25, -0.2) is 9.98 Å². The lowest BCUT2D eigenvalue weighted by molar-refractivity contribution is 0.394. The monoisotopic (exact) mass is 465 g/mol. The summed E-state index contributed by atoms with van der Waals surface area (Å²) < 4.78 is 11.0. The van der Waals surface area contributed by atoms with Gasteiger partial charge in [0, 0.05) is 18.7 Å². The Bertz CT molecular complexity index is 1080. The van der Waals surface area contributed by atoms with Gasteiger partial charge < -0.3 is 25.8 Å². The molecule has 1 heterocycles. The van der Waals surface area contributed by atoms with Gasteiger partial charge in [-0.3, -0.25) is 0 Å². The molecule has 0 saturated heterocycles. The van der Waals surface area contributed by atoms with Gasteiger partial charge in [0.05, 0.1) is 19.1 Å². The van der Waals surface area contributed by atoms with Crippen LogP contribution >= 0.6 is 11.8 Å². The summed E-state index contributed by atoms with van der Waals surface area (Å²) in [6.07, 6.45) is 1.48. The molecule has 1 aliphatic rings. The Morgan fingerprint density at radius 3 is 2.45 bits per heavy atom. The summed E-state index contributed by atoms with van der Waals surface area (Å²) in [5.41, 5.74) is 13.7. The average molecular weight is 466 g/mol. The lowest BCUT2D eigenvalue weighted by atomic mass is 9.88. The van der Waals surface area contributed by atoms with Crippen molar-refractivity contribution in [2.45, 2.75) is 24.7 Å². The van der Waals surface area contributed by atoms with Crippen LogP contribution in [0.2, 0.25) is 0 Å². The lowest BCUT2D eigenvalue weighted by Crippen LogP contribution is -2.36. The van der Waals surface area contributed by atoms with E-state index in [1.807, 2.05) is 24.3 Å². The molecule has 0 amide bonds. The SMILES string of the molecule is C=C/N=C1\C(=C(N)N)N=C(Sc2cc(OC)ccc2OC)N1CC(c1ccccc1)C(C)C. The molecule has 8 heteroatoms. The smallest absolute Gasteiger partial charge is 0.175 e. The molecule has 0 aliphatic carbocycles. The minimum atomic E-state index is 0.106.